The number of nitrogens with one attached hydrogen (secondary N) is 1. The maximum Gasteiger partial charge on any atom is 0.322 e. The fourth-order valence-electron chi connectivity index (χ4n) is 4.31. The Morgan fingerprint density at radius 1 is 1.09 bits per heavy atom. The van der Waals surface area contributed by atoms with Crippen LogP contribution in [0, 0.1) is 18.7 Å². The second-order valence-corrected chi connectivity index (χ2v) is 8.66. The summed E-state index contributed by atoms with van der Waals surface area (Å²) in [6.45, 7) is 2.71. The monoisotopic (exact) mass is 478 g/mol. The van der Waals surface area contributed by atoms with Crippen LogP contribution in [-0.4, -0.2) is 51.7 Å². The summed E-state index contributed by atoms with van der Waals surface area (Å²) in [4.78, 5) is 33.8. The Kier molecular flexibility index (Phi) is 7.24. The number of piperidine rings is 1. The molecule has 4 rings (SSSR count). The normalized spacial score (nSPS) is 14.1. The maximum atomic E-state index is 14.1. The summed E-state index contributed by atoms with van der Waals surface area (Å²) in [7, 11) is 0. The molecule has 2 heterocycles. The quantitative estimate of drug-likeness (QED) is 0.475. The summed E-state index contributed by atoms with van der Waals surface area (Å²) in [6, 6.07) is 14.6. The van der Waals surface area contributed by atoms with Gasteiger partial charge >= 0.3 is 5.97 Å². The zero-order valence-corrected chi connectivity index (χ0v) is 19.4. The van der Waals surface area contributed by atoms with E-state index in [9.17, 15) is 19.1 Å². The fourth-order valence-corrected chi connectivity index (χ4v) is 4.31. The number of aromatic nitrogens is 2. The average molecular weight is 479 g/mol. The van der Waals surface area contributed by atoms with Gasteiger partial charge in [-0.2, -0.15) is 0 Å². The molecule has 1 amide bonds. The van der Waals surface area contributed by atoms with Gasteiger partial charge in [0.1, 0.15) is 18.2 Å². The minimum atomic E-state index is -1.18. The average Bonchev–Trinajstić information content (AvgIpc) is 2.85. The van der Waals surface area contributed by atoms with Gasteiger partial charge in [-0.1, -0.05) is 30.3 Å². The molecular weight excluding hydrogens is 451 g/mol. The first kappa shape index (κ1) is 24.1. The molecule has 0 unspecified atom stereocenters. The predicted octanol–water partition coefficient (Wildman–Crippen LogP) is 3.57. The molecule has 3 N–H and O–H groups in total. The second-order valence-electron chi connectivity index (χ2n) is 8.66. The summed E-state index contributed by atoms with van der Waals surface area (Å²) in [6.07, 6.45) is 2.36. The second kappa shape index (κ2) is 10.5. The SMILES string of the molecule is Cc1nc(CC2CCN(c3ccc(-c4ccccc4F)cc3)CC2)nc(C(=O)NCC(=O)O)c1O. The molecule has 0 saturated carbocycles. The van der Waals surface area contributed by atoms with E-state index in [-0.39, 0.29) is 23.0 Å². The summed E-state index contributed by atoms with van der Waals surface area (Å²) in [5.74, 6) is -1.75. The lowest BCUT2D eigenvalue weighted by Crippen LogP contribution is -2.34. The van der Waals surface area contributed by atoms with Gasteiger partial charge in [0.05, 0.1) is 5.69 Å². The van der Waals surface area contributed by atoms with E-state index < -0.39 is 18.4 Å². The van der Waals surface area contributed by atoms with Gasteiger partial charge in [0.15, 0.2) is 11.4 Å². The Balaban J connectivity index is 1.37. The van der Waals surface area contributed by atoms with Gasteiger partial charge < -0.3 is 20.4 Å². The van der Waals surface area contributed by atoms with Gasteiger partial charge in [0.2, 0.25) is 0 Å². The number of carboxylic acid groups (broad SMARTS) is 1. The van der Waals surface area contributed by atoms with Gasteiger partial charge in [-0.25, -0.2) is 14.4 Å². The van der Waals surface area contributed by atoms with Crippen molar-refractivity contribution >= 4 is 17.6 Å². The molecule has 1 saturated heterocycles. The highest BCUT2D eigenvalue weighted by Crippen LogP contribution is 2.29. The predicted molar refractivity (Wildman–Crippen MR) is 129 cm³/mol. The molecule has 1 aromatic heterocycles. The lowest BCUT2D eigenvalue weighted by atomic mass is 9.92. The Hall–Kier alpha value is -4.01. The van der Waals surface area contributed by atoms with Crippen LogP contribution in [0.4, 0.5) is 10.1 Å². The molecule has 2 aromatic carbocycles. The van der Waals surface area contributed by atoms with E-state index in [4.69, 9.17) is 5.11 Å². The van der Waals surface area contributed by atoms with Crippen molar-refractivity contribution in [2.24, 2.45) is 5.92 Å². The molecule has 182 valence electrons. The molecule has 0 radical (unpaired) electrons. The van der Waals surface area contributed by atoms with E-state index >= 15 is 0 Å². The Labute approximate surface area is 202 Å². The van der Waals surface area contributed by atoms with Crippen molar-refractivity contribution in [3.05, 3.63) is 71.6 Å². The van der Waals surface area contributed by atoms with Crippen LogP contribution in [0.25, 0.3) is 11.1 Å². The summed E-state index contributed by atoms with van der Waals surface area (Å²) in [5, 5.41) is 21.1. The first-order valence-electron chi connectivity index (χ1n) is 11.5. The number of aryl methyl sites for hydroxylation is 1. The minimum Gasteiger partial charge on any atom is -0.504 e. The summed E-state index contributed by atoms with van der Waals surface area (Å²) >= 11 is 0. The largest absolute Gasteiger partial charge is 0.504 e. The number of carbonyl (C=O) groups excluding carboxylic acids is 1. The van der Waals surface area contributed by atoms with Crippen molar-refractivity contribution < 1.29 is 24.2 Å². The standard InChI is InChI=1S/C26H27FN4O4/c1-16-25(34)24(26(35)28-15-23(32)33)30-22(29-16)14-17-10-12-31(13-11-17)19-8-6-18(7-9-19)20-4-2-3-5-21(20)27/h2-9,17,34H,10-15H2,1H3,(H,28,35)(H,32,33). The van der Waals surface area contributed by atoms with Crippen molar-refractivity contribution in [2.75, 3.05) is 24.5 Å². The number of benzene rings is 2. The third-order valence-electron chi connectivity index (χ3n) is 6.22. The molecule has 3 aromatic rings. The topological polar surface area (TPSA) is 116 Å². The first-order valence-corrected chi connectivity index (χ1v) is 11.5. The van der Waals surface area contributed by atoms with Crippen LogP contribution in [0.3, 0.4) is 0 Å². The Morgan fingerprint density at radius 3 is 2.43 bits per heavy atom. The number of rotatable bonds is 7. The number of nitrogens with zero attached hydrogens (tertiary/aromatic N) is 3. The van der Waals surface area contributed by atoms with E-state index in [1.807, 2.05) is 30.3 Å². The van der Waals surface area contributed by atoms with E-state index in [1.54, 1.807) is 19.1 Å². The molecule has 0 atom stereocenters. The number of aliphatic carboxylic acids is 1. The zero-order valence-electron chi connectivity index (χ0n) is 19.4. The van der Waals surface area contributed by atoms with Crippen molar-refractivity contribution in [1.82, 2.24) is 15.3 Å². The van der Waals surface area contributed by atoms with E-state index in [2.05, 4.69) is 20.2 Å². The molecule has 1 aliphatic rings. The fraction of sp³-hybridized carbons (Fsp3) is 0.308. The molecule has 9 heteroatoms. The zero-order chi connectivity index (χ0) is 24.9. The number of carboxylic acids is 1. The maximum absolute atomic E-state index is 14.1. The van der Waals surface area contributed by atoms with Crippen LogP contribution in [0.1, 0.15) is 34.8 Å². The summed E-state index contributed by atoms with van der Waals surface area (Å²) in [5.41, 5.74) is 2.57. The van der Waals surface area contributed by atoms with Crippen LogP contribution < -0.4 is 10.2 Å². The van der Waals surface area contributed by atoms with Crippen molar-refractivity contribution in [3.63, 3.8) is 0 Å². The van der Waals surface area contributed by atoms with Gasteiger partial charge in [-0.3, -0.25) is 9.59 Å². The number of halogens is 1. The lowest BCUT2D eigenvalue weighted by molar-refractivity contribution is -0.135. The van der Waals surface area contributed by atoms with Gasteiger partial charge in [-0.05, 0) is 49.4 Å². The lowest BCUT2D eigenvalue weighted by Gasteiger charge is -2.33. The molecule has 1 fully saturated rings. The number of hydrogen-bond acceptors (Lipinski definition) is 6. The van der Waals surface area contributed by atoms with Crippen LogP contribution >= 0.6 is 0 Å². The number of aromatic hydroxyl groups is 1. The summed E-state index contributed by atoms with van der Waals surface area (Å²) < 4.78 is 14.1. The molecule has 1 aliphatic heterocycles. The molecule has 0 spiro atoms. The van der Waals surface area contributed by atoms with Crippen LogP contribution in [0.5, 0.6) is 5.75 Å². The molecular formula is C26H27FN4O4. The van der Waals surface area contributed by atoms with Crippen LogP contribution in [0.15, 0.2) is 48.5 Å². The van der Waals surface area contributed by atoms with Gasteiger partial charge in [0.25, 0.3) is 5.91 Å². The van der Waals surface area contributed by atoms with E-state index in [0.29, 0.717) is 23.7 Å². The number of carbonyl (C=O) groups is 2. The highest BCUT2D eigenvalue weighted by atomic mass is 19.1. The minimum absolute atomic E-state index is 0.207. The smallest absolute Gasteiger partial charge is 0.322 e. The molecule has 0 bridgehead atoms. The third kappa shape index (κ3) is 5.74. The van der Waals surface area contributed by atoms with Crippen molar-refractivity contribution in [3.8, 4) is 16.9 Å². The molecule has 0 aliphatic carbocycles. The van der Waals surface area contributed by atoms with Crippen molar-refractivity contribution in [2.45, 2.75) is 26.2 Å². The van der Waals surface area contributed by atoms with E-state index in [1.165, 1.54) is 6.07 Å². The van der Waals surface area contributed by atoms with Crippen LogP contribution in [0.2, 0.25) is 0 Å². The Bertz CT molecular complexity index is 1220. The molecule has 35 heavy (non-hydrogen) atoms. The number of anilines is 1. The highest BCUT2D eigenvalue weighted by molar-refractivity contribution is 5.96. The highest BCUT2D eigenvalue weighted by Gasteiger charge is 2.23. The van der Waals surface area contributed by atoms with Gasteiger partial charge in [-0.15, -0.1) is 0 Å². The van der Waals surface area contributed by atoms with Crippen LogP contribution in [-0.2, 0) is 11.2 Å². The Morgan fingerprint density at radius 2 is 1.77 bits per heavy atom. The molecule has 8 nitrogen and oxygen atoms in total. The van der Waals surface area contributed by atoms with E-state index in [0.717, 1.165) is 37.2 Å². The number of hydrogen-bond donors (Lipinski definition) is 3. The number of amides is 1. The first-order chi connectivity index (χ1) is 16.8. The third-order valence-corrected chi connectivity index (χ3v) is 6.22. The van der Waals surface area contributed by atoms with Gasteiger partial charge in [0, 0.05) is 30.8 Å². The van der Waals surface area contributed by atoms with Crippen molar-refractivity contribution in [1.29, 1.82) is 0 Å².